The molecule has 0 atom stereocenters. The molecule has 0 aromatic heterocycles. The lowest BCUT2D eigenvalue weighted by atomic mass is 10.0. The maximum Gasteiger partial charge on any atom is 0.251 e. The molecule has 1 aliphatic rings. The summed E-state index contributed by atoms with van der Waals surface area (Å²) in [4.78, 5) is 14.8. The first-order valence-corrected chi connectivity index (χ1v) is 8.75. The molecule has 0 bridgehead atoms. The molecule has 3 nitrogen and oxygen atoms in total. The first-order chi connectivity index (χ1) is 11.6. The van der Waals surface area contributed by atoms with Crippen LogP contribution >= 0.6 is 0 Å². The molecule has 1 aliphatic heterocycles. The zero-order chi connectivity index (χ0) is 16.9. The van der Waals surface area contributed by atoms with E-state index >= 15 is 0 Å². The Labute approximate surface area is 144 Å². The van der Waals surface area contributed by atoms with Gasteiger partial charge in [-0.05, 0) is 44.4 Å². The molecule has 0 radical (unpaired) electrons. The predicted molar refractivity (Wildman–Crippen MR) is 98.1 cm³/mol. The predicted octanol–water partition coefficient (Wildman–Crippen LogP) is 3.70. The van der Waals surface area contributed by atoms with Gasteiger partial charge < -0.3 is 5.32 Å². The number of likely N-dealkylation sites (tertiary alicyclic amines) is 1. The van der Waals surface area contributed by atoms with Gasteiger partial charge in [-0.15, -0.1) is 0 Å². The number of hydrogen-bond acceptors (Lipinski definition) is 2. The molecule has 0 spiro atoms. The molecule has 126 valence electrons. The van der Waals surface area contributed by atoms with E-state index in [1.165, 1.54) is 11.1 Å². The van der Waals surface area contributed by atoms with Crippen LogP contribution < -0.4 is 5.32 Å². The second-order valence-corrected chi connectivity index (χ2v) is 6.88. The molecule has 1 saturated heterocycles. The first kappa shape index (κ1) is 16.7. The van der Waals surface area contributed by atoms with Gasteiger partial charge >= 0.3 is 0 Å². The Kier molecular flexibility index (Phi) is 5.31. The van der Waals surface area contributed by atoms with Crippen molar-refractivity contribution in [2.75, 3.05) is 13.1 Å². The molecule has 0 aliphatic carbocycles. The van der Waals surface area contributed by atoms with Crippen LogP contribution in [0.15, 0.2) is 48.5 Å². The number of nitrogens with zero attached hydrogens (tertiary/aromatic N) is 1. The number of benzene rings is 2. The molecule has 0 unspecified atom stereocenters. The van der Waals surface area contributed by atoms with E-state index in [4.69, 9.17) is 0 Å². The molecule has 2 aromatic carbocycles. The molecule has 24 heavy (non-hydrogen) atoms. The lowest BCUT2D eigenvalue weighted by molar-refractivity contribution is 0.0909. The van der Waals surface area contributed by atoms with E-state index in [1.807, 2.05) is 31.2 Å². The lowest BCUT2D eigenvalue weighted by Crippen LogP contribution is -2.44. The summed E-state index contributed by atoms with van der Waals surface area (Å²) in [5, 5.41) is 3.19. The summed E-state index contributed by atoms with van der Waals surface area (Å²) in [7, 11) is 0. The Morgan fingerprint density at radius 2 is 1.71 bits per heavy atom. The van der Waals surface area contributed by atoms with Crippen LogP contribution in [0.1, 0.15) is 39.9 Å². The van der Waals surface area contributed by atoms with Crippen molar-refractivity contribution < 1.29 is 4.79 Å². The number of amides is 1. The first-order valence-electron chi connectivity index (χ1n) is 8.75. The van der Waals surface area contributed by atoms with E-state index < -0.39 is 0 Å². The summed E-state index contributed by atoms with van der Waals surface area (Å²) < 4.78 is 0. The summed E-state index contributed by atoms with van der Waals surface area (Å²) in [6.07, 6.45) is 2.03. The maximum absolute atomic E-state index is 12.4. The van der Waals surface area contributed by atoms with E-state index in [1.54, 1.807) is 0 Å². The normalized spacial score (nSPS) is 16.1. The molecular weight excluding hydrogens is 296 g/mol. The topological polar surface area (TPSA) is 32.3 Å². The van der Waals surface area contributed by atoms with Crippen molar-refractivity contribution in [2.24, 2.45) is 0 Å². The second kappa shape index (κ2) is 7.63. The lowest BCUT2D eigenvalue weighted by Gasteiger charge is -2.32. The van der Waals surface area contributed by atoms with E-state index in [-0.39, 0.29) is 11.9 Å². The van der Waals surface area contributed by atoms with Crippen molar-refractivity contribution in [1.29, 1.82) is 0 Å². The molecular formula is C21H26N2O. The van der Waals surface area contributed by atoms with Gasteiger partial charge in [-0.25, -0.2) is 0 Å². The smallest absolute Gasteiger partial charge is 0.251 e. The monoisotopic (exact) mass is 322 g/mol. The maximum atomic E-state index is 12.4. The largest absolute Gasteiger partial charge is 0.349 e. The zero-order valence-electron chi connectivity index (χ0n) is 14.6. The minimum absolute atomic E-state index is 0.0517. The number of piperidine rings is 1. The molecule has 1 N–H and O–H groups in total. The van der Waals surface area contributed by atoms with Crippen LogP contribution in [0.25, 0.3) is 0 Å². The Bertz CT molecular complexity index is 702. The average Bonchev–Trinajstić information content (AvgIpc) is 2.57. The van der Waals surface area contributed by atoms with Crippen molar-refractivity contribution in [3.63, 3.8) is 0 Å². The van der Waals surface area contributed by atoms with Gasteiger partial charge in [0.25, 0.3) is 5.91 Å². The van der Waals surface area contributed by atoms with E-state index in [9.17, 15) is 4.79 Å². The quantitative estimate of drug-likeness (QED) is 0.931. The van der Waals surface area contributed by atoms with Crippen molar-refractivity contribution in [3.05, 3.63) is 70.8 Å². The van der Waals surface area contributed by atoms with Crippen molar-refractivity contribution in [1.82, 2.24) is 10.2 Å². The van der Waals surface area contributed by atoms with Gasteiger partial charge in [0.1, 0.15) is 0 Å². The Balaban J connectivity index is 1.49. The van der Waals surface area contributed by atoms with Gasteiger partial charge in [-0.3, -0.25) is 9.69 Å². The molecule has 0 saturated carbocycles. The Hall–Kier alpha value is -2.13. The second-order valence-electron chi connectivity index (χ2n) is 6.88. The highest BCUT2D eigenvalue weighted by molar-refractivity contribution is 5.94. The average molecular weight is 322 g/mol. The zero-order valence-corrected chi connectivity index (χ0v) is 14.6. The summed E-state index contributed by atoms with van der Waals surface area (Å²) >= 11 is 0. The van der Waals surface area contributed by atoms with Crippen LogP contribution in [-0.4, -0.2) is 29.9 Å². The highest BCUT2D eigenvalue weighted by Gasteiger charge is 2.21. The Morgan fingerprint density at radius 3 is 2.38 bits per heavy atom. The third kappa shape index (κ3) is 4.45. The standard InChI is InChI=1S/C21H26N2O/c1-16-5-3-7-18(13-16)15-23-11-9-20(10-12-23)22-21(24)19-8-4-6-17(2)14-19/h3-8,13-14,20H,9-12,15H2,1-2H3,(H,22,24). The number of rotatable bonds is 4. The molecule has 1 amide bonds. The molecule has 2 aromatic rings. The fourth-order valence-electron chi connectivity index (χ4n) is 3.36. The third-order valence-electron chi connectivity index (χ3n) is 4.69. The molecule has 3 rings (SSSR count). The minimum Gasteiger partial charge on any atom is -0.349 e. The number of carbonyl (C=O) groups excluding carboxylic acids is 1. The SMILES string of the molecule is Cc1cccc(CN2CCC(NC(=O)c3cccc(C)c3)CC2)c1. The fourth-order valence-corrected chi connectivity index (χ4v) is 3.36. The van der Waals surface area contributed by atoms with Crippen molar-refractivity contribution in [2.45, 2.75) is 39.3 Å². The number of aryl methyl sites for hydroxylation is 2. The number of hydrogen-bond donors (Lipinski definition) is 1. The van der Waals surface area contributed by atoms with Crippen LogP contribution in [0.5, 0.6) is 0 Å². The molecule has 1 heterocycles. The van der Waals surface area contributed by atoms with Gasteiger partial charge in [0.15, 0.2) is 0 Å². The van der Waals surface area contributed by atoms with Gasteiger partial charge in [-0.2, -0.15) is 0 Å². The van der Waals surface area contributed by atoms with Crippen LogP contribution in [0.2, 0.25) is 0 Å². The van der Waals surface area contributed by atoms with Gasteiger partial charge in [-0.1, -0.05) is 47.5 Å². The van der Waals surface area contributed by atoms with Crippen LogP contribution in [0.3, 0.4) is 0 Å². The minimum atomic E-state index is 0.0517. The van der Waals surface area contributed by atoms with E-state index in [2.05, 4.69) is 41.4 Å². The molecule has 1 fully saturated rings. The molecule has 3 heteroatoms. The number of nitrogens with one attached hydrogen (secondary N) is 1. The summed E-state index contributed by atoms with van der Waals surface area (Å²) in [5.41, 5.74) is 4.57. The summed E-state index contributed by atoms with van der Waals surface area (Å²) in [6.45, 7) is 7.22. The summed E-state index contributed by atoms with van der Waals surface area (Å²) in [5.74, 6) is 0.0517. The van der Waals surface area contributed by atoms with Gasteiger partial charge in [0, 0.05) is 31.2 Å². The van der Waals surface area contributed by atoms with Gasteiger partial charge in [0.2, 0.25) is 0 Å². The summed E-state index contributed by atoms with van der Waals surface area (Å²) in [6, 6.07) is 16.8. The van der Waals surface area contributed by atoms with Gasteiger partial charge in [0.05, 0.1) is 0 Å². The van der Waals surface area contributed by atoms with Crippen molar-refractivity contribution >= 4 is 5.91 Å². The van der Waals surface area contributed by atoms with Crippen LogP contribution in [0.4, 0.5) is 0 Å². The van der Waals surface area contributed by atoms with E-state index in [0.717, 1.165) is 43.6 Å². The van der Waals surface area contributed by atoms with Crippen molar-refractivity contribution in [3.8, 4) is 0 Å². The van der Waals surface area contributed by atoms with Crippen LogP contribution in [0, 0.1) is 13.8 Å². The van der Waals surface area contributed by atoms with E-state index in [0.29, 0.717) is 0 Å². The number of carbonyl (C=O) groups is 1. The highest BCUT2D eigenvalue weighted by Crippen LogP contribution is 2.15. The Morgan fingerprint density at radius 1 is 1.04 bits per heavy atom. The highest BCUT2D eigenvalue weighted by atomic mass is 16.1. The van der Waals surface area contributed by atoms with Crippen LogP contribution in [-0.2, 0) is 6.54 Å². The third-order valence-corrected chi connectivity index (χ3v) is 4.69. The fraction of sp³-hybridized carbons (Fsp3) is 0.381.